The van der Waals surface area contributed by atoms with Gasteiger partial charge in [0.2, 0.25) is 5.91 Å². The molecule has 1 aliphatic rings. The number of carbonyl (C=O) groups is 1. The molecule has 0 saturated heterocycles. The first kappa shape index (κ1) is 14.2. The van der Waals surface area contributed by atoms with E-state index < -0.39 is 18.0 Å². The van der Waals surface area contributed by atoms with Gasteiger partial charge in [-0.15, -0.1) is 0 Å². The van der Waals surface area contributed by atoms with Gasteiger partial charge in [-0.3, -0.25) is 9.48 Å². The topological polar surface area (TPSA) is 67.2 Å². The first-order valence-electron chi connectivity index (χ1n) is 5.96. The van der Waals surface area contributed by atoms with Crippen molar-refractivity contribution < 1.29 is 18.7 Å². The van der Waals surface area contributed by atoms with Gasteiger partial charge in [0.1, 0.15) is 12.2 Å². The van der Waals surface area contributed by atoms with Crippen LogP contribution in [-0.4, -0.2) is 33.9 Å². The minimum absolute atomic E-state index is 0.0348. The molecule has 1 saturated carbocycles. The van der Waals surface area contributed by atoms with Crippen molar-refractivity contribution in [2.45, 2.75) is 31.7 Å². The second-order valence-corrected chi connectivity index (χ2v) is 4.77. The van der Waals surface area contributed by atoms with Gasteiger partial charge in [0, 0.05) is 12.5 Å². The second kappa shape index (κ2) is 5.83. The van der Waals surface area contributed by atoms with Crippen LogP contribution in [0.25, 0.3) is 0 Å². The number of rotatable bonds is 6. The zero-order valence-electron chi connectivity index (χ0n) is 10.1. The lowest BCUT2D eigenvalue weighted by Crippen LogP contribution is -2.30. The van der Waals surface area contributed by atoms with Gasteiger partial charge in [0.05, 0.1) is 17.3 Å². The number of aromatic nitrogens is 2. The Labute approximate surface area is 113 Å². The maximum Gasteiger partial charge on any atom is 0.283 e. The summed E-state index contributed by atoms with van der Waals surface area (Å²) < 4.78 is 26.7. The van der Waals surface area contributed by atoms with Gasteiger partial charge < -0.3 is 10.4 Å². The number of alkyl halides is 2. The number of hydrogen-bond acceptors (Lipinski definition) is 3. The van der Waals surface area contributed by atoms with Crippen LogP contribution in [0.2, 0.25) is 5.02 Å². The summed E-state index contributed by atoms with van der Waals surface area (Å²) in [6, 6.07) is 0. The molecular weight excluding hydrogens is 280 g/mol. The number of amides is 1. The third-order valence-corrected chi connectivity index (χ3v) is 3.24. The number of carbonyl (C=O) groups excluding carboxylic acids is 1. The molecule has 0 radical (unpaired) electrons. The fourth-order valence-electron chi connectivity index (χ4n) is 1.87. The van der Waals surface area contributed by atoms with Gasteiger partial charge in [-0.25, -0.2) is 8.78 Å². The molecule has 0 aliphatic heterocycles. The molecule has 1 aromatic heterocycles. The quantitative estimate of drug-likeness (QED) is 0.834. The molecule has 5 nitrogen and oxygen atoms in total. The fourth-order valence-corrected chi connectivity index (χ4v) is 2.24. The smallest absolute Gasteiger partial charge is 0.283 e. The van der Waals surface area contributed by atoms with Crippen LogP contribution < -0.4 is 5.32 Å². The van der Waals surface area contributed by atoms with Crippen LogP contribution in [0.5, 0.6) is 0 Å². The highest BCUT2D eigenvalue weighted by molar-refractivity contribution is 6.32. The molecule has 2 rings (SSSR count). The molecule has 1 heterocycles. The molecule has 2 N–H and O–H groups in total. The molecule has 1 fully saturated rings. The number of hydrogen-bond donors (Lipinski definition) is 2. The molecule has 1 aliphatic carbocycles. The summed E-state index contributed by atoms with van der Waals surface area (Å²) in [5, 5.41) is 14.7. The summed E-state index contributed by atoms with van der Waals surface area (Å²) in [5.74, 6) is -0.283. The lowest BCUT2D eigenvalue weighted by Gasteiger charge is -2.07. The molecule has 0 bridgehead atoms. The highest BCUT2D eigenvalue weighted by Crippen LogP contribution is 2.45. The van der Waals surface area contributed by atoms with E-state index in [1.807, 2.05) is 0 Å². The summed E-state index contributed by atoms with van der Waals surface area (Å²) in [4.78, 5) is 11.5. The zero-order chi connectivity index (χ0) is 14.0. The minimum atomic E-state index is -2.76. The van der Waals surface area contributed by atoms with Crippen molar-refractivity contribution in [1.29, 1.82) is 0 Å². The van der Waals surface area contributed by atoms with E-state index >= 15 is 0 Å². The number of halogens is 3. The van der Waals surface area contributed by atoms with E-state index in [-0.39, 0.29) is 30.6 Å². The third-order valence-electron chi connectivity index (χ3n) is 2.85. The Balaban J connectivity index is 2.19. The lowest BCUT2D eigenvalue weighted by atomic mass is 10.2. The molecule has 106 valence electrons. The van der Waals surface area contributed by atoms with Crippen LogP contribution >= 0.6 is 11.6 Å². The number of aliphatic hydroxyl groups is 1. The van der Waals surface area contributed by atoms with E-state index in [9.17, 15) is 13.6 Å². The van der Waals surface area contributed by atoms with E-state index in [4.69, 9.17) is 16.7 Å². The summed E-state index contributed by atoms with van der Waals surface area (Å²) in [7, 11) is 0. The molecule has 8 heteroatoms. The molecular formula is C11H14ClF2N3O2. The van der Waals surface area contributed by atoms with E-state index in [1.54, 1.807) is 0 Å². The average Bonchev–Trinajstić information content (AvgIpc) is 3.12. The standard InChI is InChI=1S/C11H14ClF2N3O2/c12-8-9(11(13)14)16-17(10(8)6-1-2-6)5-7(19)15-3-4-18/h6,11,18H,1-5H2,(H,15,19). The van der Waals surface area contributed by atoms with Gasteiger partial charge in [-0.05, 0) is 12.8 Å². The van der Waals surface area contributed by atoms with Crippen molar-refractivity contribution in [3.05, 3.63) is 16.4 Å². The van der Waals surface area contributed by atoms with E-state index in [2.05, 4.69) is 10.4 Å². The fraction of sp³-hybridized carbons (Fsp3) is 0.636. The first-order valence-corrected chi connectivity index (χ1v) is 6.34. The Hall–Kier alpha value is -1.21. The van der Waals surface area contributed by atoms with Crippen LogP contribution in [-0.2, 0) is 11.3 Å². The Morgan fingerprint density at radius 1 is 1.58 bits per heavy atom. The summed E-state index contributed by atoms with van der Waals surface area (Å²) in [6.45, 7) is -0.226. The highest BCUT2D eigenvalue weighted by Gasteiger charge is 2.34. The van der Waals surface area contributed by atoms with Gasteiger partial charge in [-0.2, -0.15) is 5.10 Å². The largest absolute Gasteiger partial charge is 0.395 e. The molecule has 1 amide bonds. The van der Waals surface area contributed by atoms with Crippen LogP contribution in [0.3, 0.4) is 0 Å². The van der Waals surface area contributed by atoms with Crippen LogP contribution in [0.4, 0.5) is 8.78 Å². The van der Waals surface area contributed by atoms with Crippen molar-refractivity contribution in [3.63, 3.8) is 0 Å². The predicted molar refractivity (Wildman–Crippen MR) is 64.3 cm³/mol. The Bertz CT molecular complexity index is 475. The van der Waals surface area contributed by atoms with Gasteiger partial charge in [-0.1, -0.05) is 11.6 Å². The Kier molecular flexibility index (Phi) is 4.36. The van der Waals surface area contributed by atoms with Crippen LogP contribution in [0.15, 0.2) is 0 Å². The normalized spacial score (nSPS) is 15.0. The van der Waals surface area contributed by atoms with Gasteiger partial charge in [0.25, 0.3) is 6.43 Å². The highest BCUT2D eigenvalue weighted by atomic mass is 35.5. The number of aliphatic hydroxyl groups excluding tert-OH is 1. The van der Waals surface area contributed by atoms with Crippen molar-refractivity contribution in [3.8, 4) is 0 Å². The summed E-state index contributed by atoms with van der Waals surface area (Å²) in [5.41, 5.74) is 0.0367. The number of nitrogens with zero attached hydrogens (tertiary/aromatic N) is 2. The molecule has 19 heavy (non-hydrogen) atoms. The van der Waals surface area contributed by atoms with Gasteiger partial charge >= 0.3 is 0 Å². The first-order chi connectivity index (χ1) is 9.04. The Morgan fingerprint density at radius 3 is 2.79 bits per heavy atom. The maximum atomic E-state index is 12.8. The van der Waals surface area contributed by atoms with Crippen molar-refractivity contribution in [1.82, 2.24) is 15.1 Å². The van der Waals surface area contributed by atoms with Crippen molar-refractivity contribution in [2.75, 3.05) is 13.2 Å². The molecule has 0 aromatic carbocycles. The second-order valence-electron chi connectivity index (χ2n) is 4.39. The maximum absolute atomic E-state index is 12.8. The summed E-state index contributed by atoms with van der Waals surface area (Å²) in [6.07, 6.45) is -1.02. The minimum Gasteiger partial charge on any atom is -0.395 e. The zero-order valence-corrected chi connectivity index (χ0v) is 10.8. The number of nitrogens with one attached hydrogen (secondary N) is 1. The van der Waals surface area contributed by atoms with Crippen molar-refractivity contribution >= 4 is 17.5 Å². The SMILES string of the molecule is O=C(Cn1nc(C(F)F)c(Cl)c1C1CC1)NCCO. The third kappa shape index (κ3) is 3.22. The molecule has 0 unspecified atom stereocenters. The van der Waals surface area contributed by atoms with Gasteiger partial charge in [0.15, 0.2) is 0 Å². The lowest BCUT2D eigenvalue weighted by molar-refractivity contribution is -0.122. The molecule has 0 atom stereocenters. The van der Waals surface area contributed by atoms with E-state index in [0.717, 1.165) is 12.8 Å². The van der Waals surface area contributed by atoms with E-state index in [1.165, 1.54) is 4.68 Å². The Morgan fingerprint density at radius 2 is 2.26 bits per heavy atom. The monoisotopic (exact) mass is 293 g/mol. The molecule has 1 aromatic rings. The predicted octanol–water partition coefficient (Wildman–Crippen LogP) is 1.46. The average molecular weight is 294 g/mol. The van der Waals surface area contributed by atoms with Crippen LogP contribution in [0, 0.1) is 0 Å². The molecule has 0 spiro atoms. The van der Waals surface area contributed by atoms with Crippen molar-refractivity contribution in [2.24, 2.45) is 0 Å². The van der Waals surface area contributed by atoms with E-state index in [0.29, 0.717) is 5.69 Å². The summed E-state index contributed by atoms with van der Waals surface area (Å²) >= 11 is 5.91. The van der Waals surface area contributed by atoms with Crippen LogP contribution in [0.1, 0.15) is 36.6 Å².